The highest BCUT2D eigenvalue weighted by molar-refractivity contribution is 4.65. The molecule has 1 nitrogen and oxygen atoms in total. The molecule has 0 aliphatic heterocycles. The summed E-state index contributed by atoms with van der Waals surface area (Å²) in [7, 11) is 1.43. The van der Waals surface area contributed by atoms with Gasteiger partial charge in [-0.05, 0) is 12.8 Å². The maximum absolute atomic E-state index is 7.40. The number of ether oxygens (including phenoxy) is 1. The molecule has 0 bridgehead atoms. The smallest absolute Gasteiger partial charge is 0.0571 e. The van der Waals surface area contributed by atoms with Crippen LogP contribution in [0.5, 0.6) is 0 Å². The van der Waals surface area contributed by atoms with Gasteiger partial charge in [-0.3, -0.25) is 0 Å². The zero-order valence-corrected chi connectivity index (χ0v) is 4.29. The molecule has 0 N–H and O–H groups in total. The molecule has 4 atom stereocenters. The second kappa shape index (κ2) is 2.31. The third-order valence-corrected chi connectivity index (χ3v) is 0.985. The summed E-state index contributed by atoms with van der Waals surface area (Å²) >= 11 is 0. The highest BCUT2D eigenvalue weighted by Gasteiger charge is 2.12. The van der Waals surface area contributed by atoms with E-state index in [2.05, 4.69) is 0 Å². The second-order valence-electron chi connectivity index (χ2n) is 1.47. The molecule has 42 valence electrons. The maximum Gasteiger partial charge on any atom is 0.0571 e. The Morgan fingerprint density at radius 3 is 2.43 bits per heavy atom. The minimum absolute atomic E-state index is 0.556. The fourth-order valence-corrected chi connectivity index (χ4v) is 0.569. The van der Waals surface area contributed by atoms with Crippen LogP contribution >= 0.6 is 0 Å². The largest absolute Gasteiger partial charge is 0.381 e. The van der Waals surface area contributed by atoms with Crippen molar-refractivity contribution in [3.8, 4) is 0 Å². The van der Waals surface area contributed by atoms with Crippen molar-refractivity contribution in [1.29, 1.82) is 0 Å². The Bertz CT molecular complexity index is 129. The van der Waals surface area contributed by atoms with Gasteiger partial charge in [-0.1, -0.05) is 12.8 Å². The van der Waals surface area contributed by atoms with E-state index >= 15 is 0 Å². The molecule has 0 aromatic rings. The van der Waals surface area contributed by atoms with E-state index in [0.717, 1.165) is 0 Å². The van der Waals surface area contributed by atoms with Gasteiger partial charge in [0.2, 0.25) is 0 Å². The Morgan fingerprint density at radius 1 is 1.57 bits per heavy atom. The summed E-state index contributed by atoms with van der Waals surface area (Å²) in [5.74, 6) is 0. The van der Waals surface area contributed by atoms with Gasteiger partial charge in [0.1, 0.15) is 0 Å². The zero-order chi connectivity index (χ0) is 8.59. The predicted octanol–water partition coefficient (Wildman–Crippen LogP) is 1.58. The third kappa shape index (κ3) is 1.16. The van der Waals surface area contributed by atoms with Crippen molar-refractivity contribution in [2.45, 2.75) is 31.7 Å². The van der Waals surface area contributed by atoms with Gasteiger partial charge < -0.3 is 4.74 Å². The van der Waals surface area contributed by atoms with Crippen LogP contribution in [0.4, 0.5) is 0 Å². The molecule has 7 heavy (non-hydrogen) atoms. The lowest BCUT2D eigenvalue weighted by Gasteiger charge is -2.02. The number of hydrogen-bond acceptors (Lipinski definition) is 1. The van der Waals surface area contributed by atoms with Crippen LogP contribution in [-0.4, -0.2) is 13.2 Å². The molecule has 0 radical (unpaired) electrons. The Hall–Kier alpha value is -0.0400. The van der Waals surface area contributed by atoms with Gasteiger partial charge in [0.15, 0.2) is 0 Å². The third-order valence-electron chi connectivity index (χ3n) is 0.985. The Labute approximate surface area is 50.3 Å². The van der Waals surface area contributed by atoms with Crippen molar-refractivity contribution < 1.29 is 10.2 Å². The fourth-order valence-electron chi connectivity index (χ4n) is 0.569. The van der Waals surface area contributed by atoms with Crippen LogP contribution in [0.3, 0.4) is 0 Å². The molecule has 0 heterocycles. The number of hydrogen-bond donors (Lipinski definition) is 0. The molecular weight excluding hydrogens is 88.1 g/mol. The normalized spacial score (nSPS) is 81.6. The number of rotatable bonds is 1. The monoisotopic (exact) mass is 104 g/mol. The standard InChI is InChI=1S/C6H12O/c1-7-6-4-2-3-5-6/h6H,2-5H2,1H3/i2D,3D,4D,5D. The highest BCUT2D eigenvalue weighted by atomic mass is 16.5. The van der Waals surface area contributed by atoms with Crippen LogP contribution in [0, 0.1) is 0 Å². The maximum atomic E-state index is 7.40. The van der Waals surface area contributed by atoms with Crippen molar-refractivity contribution in [3.63, 3.8) is 0 Å². The van der Waals surface area contributed by atoms with Crippen molar-refractivity contribution in [2.75, 3.05) is 7.11 Å². The lowest BCUT2D eigenvalue weighted by atomic mass is 10.3. The van der Waals surface area contributed by atoms with Gasteiger partial charge >= 0.3 is 0 Å². The zero-order valence-electron chi connectivity index (χ0n) is 8.29. The van der Waals surface area contributed by atoms with Crippen LogP contribution in [0.1, 0.15) is 31.1 Å². The summed E-state index contributed by atoms with van der Waals surface area (Å²) in [5.41, 5.74) is 0. The molecule has 0 aromatic carbocycles. The fraction of sp³-hybridized carbons (Fsp3) is 1.00. The van der Waals surface area contributed by atoms with E-state index in [-0.39, 0.29) is 0 Å². The van der Waals surface area contributed by atoms with Crippen molar-refractivity contribution in [1.82, 2.24) is 0 Å². The minimum Gasteiger partial charge on any atom is -0.381 e. The molecule has 4 unspecified atom stereocenters. The first kappa shape index (κ1) is 2.06. The molecular formula is C6H12O. The van der Waals surface area contributed by atoms with Crippen LogP contribution in [0.25, 0.3) is 0 Å². The molecule has 0 amide bonds. The summed E-state index contributed by atoms with van der Waals surface area (Å²) in [4.78, 5) is 0. The lowest BCUT2D eigenvalue weighted by molar-refractivity contribution is 0.109. The van der Waals surface area contributed by atoms with E-state index in [1.165, 1.54) is 7.11 Å². The van der Waals surface area contributed by atoms with Gasteiger partial charge in [0, 0.05) is 12.6 Å². The molecule has 0 saturated heterocycles. The molecule has 0 spiro atoms. The first-order chi connectivity index (χ1) is 5.09. The van der Waals surface area contributed by atoms with E-state index < -0.39 is 31.7 Å². The molecule has 1 heteroatoms. The van der Waals surface area contributed by atoms with Crippen molar-refractivity contribution in [2.24, 2.45) is 0 Å². The quantitative estimate of drug-likeness (QED) is 0.490. The van der Waals surface area contributed by atoms with Crippen LogP contribution < -0.4 is 0 Å². The van der Waals surface area contributed by atoms with Gasteiger partial charge in [0.05, 0.1) is 6.10 Å². The molecule has 1 aliphatic rings. The Kier molecular flexibility index (Phi) is 0.680. The van der Waals surface area contributed by atoms with E-state index in [4.69, 9.17) is 10.2 Å². The van der Waals surface area contributed by atoms with E-state index in [0.29, 0.717) is 0 Å². The van der Waals surface area contributed by atoms with Crippen LogP contribution in [0.2, 0.25) is 0 Å². The summed E-state index contributed by atoms with van der Waals surface area (Å²) in [5, 5.41) is 0. The van der Waals surface area contributed by atoms with Gasteiger partial charge in [-0.15, -0.1) is 0 Å². The number of methoxy groups -OCH3 is 1. The lowest BCUT2D eigenvalue weighted by Crippen LogP contribution is -2.01. The van der Waals surface area contributed by atoms with Crippen LogP contribution in [0.15, 0.2) is 0 Å². The minimum atomic E-state index is -0.789. The van der Waals surface area contributed by atoms with Gasteiger partial charge in [-0.2, -0.15) is 0 Å². The van der Waals surface area contributed by atoms with E-state index in [1.807, 2.05) is 0 Å². The molecule has 1 aliphatic carbocycles. The van der Waals surface area contributed by atoms with Crippen molar-refractivity contribution in [3.05, 3.63) is 0 Å². The molecule has 1 fully saturated rings. The van der Waals surface area contributed by atoms with Gasteiger partial charge in [-0.25, -0.2) is 0 Å². The highest BCUT2D eigenvalue weighted by Crippen LogP contribution is 2.19. The SMILES string of the molecule is [2H]C1C([2H])C([2H])C(OC)C1[2H]. The topological polar surface area (TPSA) is 9.23 Å². The first-order valence-electron chi connectivity index (χ1n) is 4.62. The van der Waals surface area contributed by atoms with Gasteiger partial charge in [0.25, 0.3) is 0 Å². The molecule has 1 saturated carbocycles. The summed E-state index contributed by atoms with van der Waals surface area (Å²) in [6.45, 7) is 0. The first-order valence-corrected chi connectivity index (χ1v) is 2.31. The molecule has 1 rings (SSSR count). The summed E-state index contributed by atoms with van der Waals surface area (Å²) in [6.07, 6.45) is -3.60. The van der Waals surface area contributed by atoms with Crippen LogP contribution in [-0.2, 0) is 4.74 Å². The second-order valence-corrected chi connectivity index (χ2v) is 1.47. The Balaban J connectivity index is 2.69. The average molecular weight is 104 g/mol. The summed E-state index contributed by atoms with van der Waals surface area (Å²) in [6, 6.07) is 0. The van der Waals surface area contributed by atoms with E-state index in [1.54, 1.807) is 0 Å². The van der Waals surface area contributed by atoms with E-state index in [9.17, 15) is 0 Å². The summed E-state index contributed by atoms with van der Waals surface area (Å²) < 4.78 is 34.3. The predicted molar refractivity (Wildman–Crippen MR) is 29.3 cm³/mol. The average Bonchev–Trinajstić information content (AvgIpc) is 2.17. The van der Waals surface area contributed by atoms with Crippen molar-refractivity contribution >= 4 is 0 Å². The molecule has 0 aromatic heterocycles. The Morgan fingerprint density at radius 2 is 2.14 bits per heavy atom.